The zero-order valence-electron chi connectivity index (χ0n) is 48.1. The molecule has 388 valence electrons. The molecule has 10 aromatic rings. The number of hydrogen-bond donors (Lipinski definition) is 0. The SMILES string of the molecule is CC(C)(C)c1ccc(N(c2ccc(C(C)(C)C)cc2)c2ccc3c(c2)N(c2ccc(C(C)(C)C)cc2)c2cccc4c2B3c2sc3cc5c(cc3c2N4c2ccc(C(C)(C)C)cc2)-c2c(ccc3ccccc23)C5(C)C)cc1. The van der Waals surface area contributed by atoms with Gasteiger partial charge in [0.1, 0.15) is 0 Å². The van der Waals surface area contributed by atoms with Gasteiger partial charge in [-0.15, -0.1) is 11.3 Å². The van der Waals surface area contributed by atoms with E-state index in [1.807, 2.05) is 11.3 Å². The Bertz CT molecular complexity index is 3960. The van der Waals surface area contributed by atoms with E-state index in [1.54, 1.807) is 0 Å². The molecule has 0 unspecified atom stereocenters. The lowest BCUT2D eigenvalue weighted by atomic mass is 9.36. The Balaban J connectivity index is 1.08. The lowest BCUT2D eigenvalue weighted by molar-refractivity contribution is 0.590. The molecule has 0 fully saturated rings. The summed E-state index contributed by atoms with van der Waals surface area (Å²) in [7, 11) is 0. The number of benzene rings is 9. The van der Waals surface area contributed by atoms with Gasteiger partial charge in [0.2, 0.25) is 0 Å². The Kier molecular flexibility index (Phi) is 11.2. The summed E-state index contributed by atoms with van der Waals surface area (Å²) < 4.78 is 2.71. The van der Waals surface area contributed by atoms with Crippen molar-refractivity contribution in [2.75, 3.05) is 14.7 Å². The van der Waals surface area contributed by atoms with Crippen LogP contribution in [0.3, 0.4) is 0 Å². The summed E-state index contributed by atoms with van der Waals surface area (Å²) in [6.45, 7) is 32.5. The smallest absolute Gasteiger partial charge is 0.264 e. The van der Waals surface area contributed by atoms with E-state index in [4.69, 9.17) is 0 Å². The molecule has 1 aromatic heterocycles. The Morgan fingerprint density at radius 3 is 1.49 bits per heavy atom. The van der Waals surface area contributed by atoms with Crippen molar-refractivity contribution in [1.29, 1.82) is 0 Å². The van der Waals surface area contributed by atoms with E-state index < -0.39 is 0 Å². The zero-order chi connectivity index (χ0) is 54.6. The van der Waals surface area contributed by atoms with Crippen molar-refractivity contribution in [2.24, 2.45) is 0 Å². The number of hydrogen-bond acceptors (Lipinski definition) is 4. The van der Waals surface area contributed by atoms with E-state index >= 15 is 0 Å². The van der Waals surface area contributed by atoms with Gasteiger partial charge < -0.3 is 14.7 Å². The maximum atomic E-state index is 2.62. The zero-order valence-corrected chi connectivity index (χ0v) is 49.0. The molecule has 3 heterocycles. The van der Waals surface area contributed by atoms with Gasteiger partial charge in [0.25, 0.3) is 6.71 Å². The highest BCUT2D eigenvalue weighted by atomic mass is 32.1. The molecule has 2 aliphatic heterocycles. The molecule has 0 saturated heterocycles. The molecular formula is C73H72BN3S. The van der Waals surface area contributed by atoms with E-state index in [-0.39, 0.29) is 33.8 Å². The van der Waals surface area contributed by atoms with Gasteiger partial charge in [-0.2, -0.15) is 0 Å². The van der Waals surface area contributed by atoms with Gasteiger partial charge >= 0.3 is 0 Å². The van der Waals surface area contributed by atoms with Crippen molar-refractivity contribution < 1.29 is 0 Å². The van der Waals surface area contributed by atoms with E-state index in [0.717, 1.165) is 22.7 Å². The van der Waals surface area contributed by atoms with Crippen molar-refractivity contribution in [3.63, 3.8) is 0 Å². The number of nitrogens with zero attached hydrogens (tertiary/aromatic N) is 3. The van der Waals surface area contributed by atoms with Gasteiger partial charge in [0.05, 0.1) is 5.69 Å². The lowest BCUT2D eigenvalue weighted by Gasteiger charge is -2.43. The molecule has 0 saturated carbocycles. The van der Waals surface area contributed by atoms with Crippen LogP contribution in [0.5, 0.6) is 0 Å². The molecule has 9 aromatic carbocycles. The predicted octanol–water partition coefficient (Wildman–Crippen LogP) is 19.1. The average molecular weight is 1030 g/mol. The van der Waals surface area contributed by atoms with E-state index in [0.29, 0.717) is 0 Å². The molecule has 0 radical (unpaired) electrons. The van der Waals surface area contributed by atoms with Crippen molar-refractivity contribution in [2.45, 2.75) is 124 Å². The molecule has 0 N–H and O–H groups in total. The van der Waals surface area contributed by atoms with Gasteiger partial charge in [-0.3, -0.25) is 0 Å². The van der Waals surface area contributed by atoms with Crippen LogP contribution in [0.1, 0.15) is 130 Å². The quantitative estimate of drug-likeness (QED) is 0.159. The maximum Gasteiger partial charge on any atom is 0.264 e. The largest absolute Gasteiger partial charge is 0.311 e. The van der Waals surface area contributed by atoms with Crippen LogP contribution in [0.2, 0.25) is 0 Å². The third-order valence-corrected chi connectivity index (χ3v) is 18.7. The topological polar surface area (TPSA) is 9.72 Å². The third-order valence-electron chi connectivity index (χ3n) is 17.5. The van der Waals surface area contributed by atoms with Gasteiger partial charge in [-0.25, -0.2) is 0 Å². The van der Waals surface area contributed by atoms with Crippen LogP contribution >= 0.6 is 11.3 Å². The minimum absolute atomic E-state index is 0.0132. The summed E-state index contributed by atoms with van der Waals surface area (Å²) in [5.74, 6) is 0. The van der Waals surface area contributed by atoms with Crippen molar-refractivity contribution in [3.8, 4) is 11.1 Å². The second-order valence-corrected chi connectivity index (χ2v) is 28.2. The second kappa shape index (κ2) is 17.3. The molecular weight excluding hydrogens is 962 g/mol. The van der Waals surface area contributed by atoms with Gasteiger partial charge in [0, 0.05) is 65.8 Å². The monoisotopic (exact) mass is 1030 g/mol. The molecule has 78 heavy (non-hydrogen) atoms. The van der Waals surface area contributed by atoms with Crippen molar-refractivity contribution in [1.82, 2.24) is 0 Å². The van der Waals surface area contributed by atoms with E-state index in [1.165, 1.54) is 110 Å². The highest BCUT2D eigenvalue weighted by Crippen LogP contribution is 2.56. The predicted molar refractivity (Wildman–Crippen MR) is 340 cm³/mol. The summed E-state index contributed by atoms with van der Waals surface area (Å²) in [5.41, 5.74) is 24.1. The van der Waals surface area contributed by atoms with Crippen LogP contribution in [-0.4, -0.2) is 6.71 Å². The Morgan fingerprint density at radius 2 is 0.936 bits per heavy atom. The number of fused-ring (bicyclic) bond motifs is 11. The first kappa shape index (κ1) is 50.2. The van der Waals surface area contributed by atoms with Crippen molar-refractivity contribution >= 4 is 106 Å². The first-order valence-corrected chi connectivity index (χ1v) is 29.0. The Labute approximate surface area is 468 Å². The maximum absolute atomic E-state index is 2.62. The second-order valence-electron chi connectivity index (χ2n) is 27.1. The summed E-state index contributed by atoms with van der Waals surface area (Å²) in [6, 6.07) is 70.6. The van der Waals surface area contributed by atoms with Gasteiger partial charge in [-0.1, -0.05) is 194 Å². The Morgan fingerprint density at radius 1 is 0.436 bits per heavy atom. The minimum atomic E-state index is -0.158. The van der Waals surface area contributed by atoms with Crippen LogP contribution in [0.4, 0.5) is 51.2 Å². The van der Waals surface area contributed by atoms with Crippen LogP contribution in [0, 0.1) is 0 Å². The molecule has 0 bridgehead atoms. The Hall–Kier alpha value is -7.34. The molecule has 5 heteroatoms. The third kappa shape index (κ3) is 7.89. The highest BCUT2D eigenvalue weighted by molar-refractivity contribution is 7.33. The molecule has 3 aliphatic rings. The van der Waals surface area contributed by atoms with E-state index in [2.05, 4.69) is 294 Å². The fourth-order valence-corrected chi connectivity index (χ4v) is 14.3. The summed E-state index contributed by atoms with van der Waals surface area (Å²) in [4.78, 5) is 7.66. The molecule has 0 amide bonds. The average Bonchev–Trinajstić information content (AvgIpc) is 4.10. The van der Waals surface area contributed by atoms with Gasteiger partial charge in [-0.05, 0) is 173 Å². The number of anilines is 9. The standard InChI is InChI=1S/C73H72BN3S/c1-69(2,3)46-23-31-50(32-24-46)75(51-33-25-47(26-34-51)70(4,5)6)54-39-41-60-63(42-54)76(52-35-27-48(28-36-52)71(7,8)9)61-20-17-21-62-66(61)74(60)68-67(77(62)53-37-29-49(30-38-53)72(10,11)12)57-43-56-59(44-64(57)78-68)73(13,14)58-40-22-45-18-15-16-19-55(45)65(56)58/h15-44H,1-14H3. The highest BCUT2D eigenvalue weighted by Gasteiger charge is 2.46. The van der Waals surface area contributed by atoms with Gasteiger partial charge in [0.15, 0.2) is 0 Å². The molecule has 3 nitrogen and oxygen atoms in total. The minimum Gasteiger partial charge on any atom is -0.311 e. The first-order valence-electron chi connectivity index (χ1n) is 28.2. The normalized spacial score (nSPS) is 14.6. The fraction of sp³-hybridized carbons (Fsp3) is 0.260. The van der Waals surface area contributed by atoms with E-state index in [9.17, 15) is 0 Å². The lowest BCUT2D eigenvalue weighted by Crippen LogP contribution is -2.60. The molecule has 0 spiro atoms. The fourth-order valence-electron chi connectivity index (χ4n) is 13.0. The summed E-state index contributed by atoms with van der Waals surface area (Å²) >= 11 is 2.00. The van der Waals surface area contributed by atoms with Crippen LogP contribution in [0.25, 0.3) is 32.0 Å². The van der Waals surface area contributed by atoms with Crippen LogP contribution < -0.4 is 30.4 Å². The van der Waals surface area contributed by atoms with Crippen LogP contribution in [-0.2, 0) is 27.1 Å². The molecule has 1 aliphatic carbocycles. The van der Waals surface area contributed by atoms with Crippen LogP contribution in [0.15, 0.2) is 182 Å². The molecule has 0 atom stereocenters. The summed E-state index contributed by atoms with van der Waals surface area (Å²) in [6.07, 6.45) is 0. The molecule has 13 rings (SSSR count). The van der Waals surface area contributed by atoms with Crippen molar-refractivity contribution in [3.05, 3.63) is 215 Å². The summed E-state index contributed by atoms with van der Waals surface area (Å²) in [5, 5.41) is 3.92. The number of thiophene rings is 1. The number of rotatable bonds is 5. The first-order chi connectivity index (χ1) is 37.0.